The van der Waals surface area contributed by atoms with E-state index in [1.165, 1.54) is 0 Å². The van der Waals surface area contributed by atoms with E-state index in [0.717, 1.165) is 24.9 Å². The zero-order valence-corrected chi connectivity index (χ0v) is 6.16. The Labute approximate surface area is 65.0 Å². The lowest BCUT2D eigenvalue weighted by molar-refractivity contribution is -0.114. The van der Waals surface area contributed by atoms with Crippen molar-refractivity contribution in [1.29, 1.82) is 0 Å². The number of carbonyl (C=O) groups excluding carboxylic acids is 1. The number of fused-ring (bicyclic) bond motifs is 1. The SMILES string of the molecule is O=C[C@H]1CCC=C2OCO[C@@H]21. The Bertz CT molecular complexity index is 198. The molecule has 1 aliphatic carbocycles. The van der Waals surface area contributed by atoms with Crippen LogP contribution in [0.4, 0.5) is 0 Å². The van der Waals surface area contributed by atoms with Crippen LogP contribution in [-0.4, -0.2) is 19.2 Å². The van der Waals surface area contributed by atoms with Gasteiger partial charge in [-0.3, -0.25) is 0 Å². The van der Waals surface area contributed by atoms with Crippen molar-refractivity contribution in [3.63, 3.8) is 0 Å². The van der Waals surface area contributed by atoms with E-state index in [4.69, 9.17) is 9.47 Å². The lowest BCUT2D eigenvalue weighted by Crippen LogP contribution is -2.25. The first-order valence-electron chi connectivity index (χ1n) is 3.81. The van der Waals surface area contributed by atoms with Crippen LogP contribution in [0, 0.1) is 5.92 Å². The summed E-state index contributed by atoms with van der Waals surface area (Å²) < 4.78 is 10.4. The summed E-state index contributed by atoms with van der Waals surface area (Å²) in [6.07, 6.45) is 4.71. The molecule has 2 rings (SSSR count). The highest BCUT2D eigenvalue weighted by Crippen LogP contribution is 2.30. The number of rotatable bonds is 1. The average molecular weight is 154 g/mol. The first-order valence-corrected chi connectivity index (χ1v) is 3.81. The van der Waals surface area contributed by atoms with E-state index in [1.54, 1.807) is 0 Å². The van der Waals surface area contributed by atoms with Gasteiger partial charge in [0.15, 0.2) is 6.79 Å². The van der Waals surface area contributed by atoms with Crippen molar-refractivity contribution in [1.82, 2.24) is 0 Å². The van der Waals surface area contributed by atoms with Crippen molar-refractivity contribution < 1.29 is 14.3 Å². The standard InChI is InChI=1S/C8H10O3/c9-4-6-2-1-3-7-8(6)11-5-10-7/h3-4,6,8H,1-2,5H2/t6-,8-/m1/s1. The Kier molecular flexibility index (Phi) is 1.66. The molecule has 0 saturated carbocycles. The fourth-order valence-corrected chi connectivity index (χ4v) is 1.56. The Morgan fingerprint density at radius 3 is 3.36 bits per heavy atom. The second-order valence-electron chi connectivity index (χ2n) is 2.83. The minimum absolute atomic E-state index is 0.0116. The van der Waals surface area contributed by atoms with Crippen LogP contribution in [-0.2, 0) is 14.3 Å². The molecule has 0 amide bonds. The summed E-state index contributed by atoms with van der Waals surface area (Å²) in [6, 6.07) is 0. The van der Waals surface area contributed by atoms with E-state index in [0.29, 0.717) is 6.79 Å². The maximum absolute atomic E-state index is 10.5. The van der Waals surface area contributed by atoms with Crippen LogP contribution in [0.1, 0.15) is 12.8 Å². The highest BCUT2D eigenvalue weighted by atomic mass is 16.7. The highest BCUT2D eigenvalue weighted by Gasteiger charge is 2.33. The predicted molar refractivity (Wildman–Crippen MR) is 37.7 cm³/mol. The number of ether oxygens (including phenoxy) is 2. The molecule has 3 nitrogen and oxygen atoms in total. The van der Waals surface area contributed by atoms with Gasteiger partial charge in [0.2, 0.25) is 0 Å². The average Bonchev–Trinajstić information content (AvgIpc) is 2.50. The third-order valence-electron chi connectivity index (χ3n) is 2.16. The number of carbonyl (C=O) groups is 1. The van der Waals surface area contributed by atoms with Gasteiger partial charge in [-0.15, -0.1) is 0 Å². The second kappa shape index (κ2) is 2.66. The van der Waals surface area contributed by atoms with Crippen molar-refractivity contribution >= 4 is 6.29 Å². The summed E-state index contributed by atoms with van der Waals surface area (Å²) in [6.45, 7) is 0.306. The lowest BCUT2D eigenvalue weighted by Gasteiger charge is -2.19. The largest absolute Gasteiger partial charge is 0.469 e. The van der Waals surface area contributed by atoms with Crippen LogP contribution in [0.2, 0.25) is 0 Å². The molecule has 11 heavy (non-hydrogen) atoms. The zero-order valence-electron chi connectivity index (χ0n) is 6.16. The first kappa shape index (κ1) is 6.85. The van der Waals surface area contributed by atoms with Crippen molar-refractivity contribution in [3.8, 4) is 0 Å². The number of hydrogen-bond donors (Lipinski definition) is 0. The summed E-state index contributed by atoms with van der Waals surface area (Å²) in [5.41, 5.74) is 0. The van der Waals surface area contributed by atoms with E-state index < -0.39 is 0 Å². The summed E-state index contributed by atoms with van der Waals surface area (Å²) in [5.74, 6) is 0.867. The number of allylic oxidation sites excluding steroid dienone is 1. The smallest absolute Gasteiger partial charge is 0.189 e. The van der Waals surface area contributed by atoms with Crippen molar-refractivity contribution in [3.05, 3.63) is 11.8 Å². The highest BCUT2D eigenvalue weighted by molar-refractivity contribution is 5.56. The van der Waals surface area contributed by atoms with Crippen LogP contribution >= 0.6 is 0 Å². The number of hydrogen-bond acceptors (Lipinski definition) is 3. The third-order valence-corrected chi connectivity index (χ3v) is 2.16. The summed E-state index contributed by atoms with van der Waals surface area (Å²) in [5, 5.41) is 0. The monoisotopic (exact) mass is 154 g/mol. The van der Waals surface area contributed by atoms with Crippen molar-refractivity contribution in [2.45, 2.75) is 18.9 Å². The molecule has 0 bridgehead atoms. The molecule has 0 aromatic heterocycles. The minimum Gasteiger partial charge on any atom is -0.469 e. The molecule has 1 aliphatic heterocycles. The van der Waals surface area contributed by atoms with E-state index >= 15 is 0 Å². The molecule has 0 aromatic rings. The normalized spacial score (nSPS) is 35.5. The van der Waals surface area contributed by atoms with Crippen LogP contribution in [0.25, 0.3) is 0 Å². The van der Waals surface area contributed by atoms with E-state index in [1.807, 2.05) is 6.08 Å². The van der Waals surface area contributed by atoms with Crippen LogP contribution in [0.15, 0.2) is 11.8 Å². The molecule has 60 valence electrons. The van der Waals surface area contributed by atoms with Crippen molar-refractivity contribution in [2.75, 3.05) is 6.79 Å². The van der Waals surface area contributed by atoms with Gasteiger partial charge >= 0.3 is 0 Å². The van der Waals surface area contributed by atoms with E-state index in [2.05, 4.69) is 0 Å². The molecular weight excluding hydrogens is 144 g/mol. The lowest BCUT2D eigenvalue weighted by atomic mass is 9.92. The molecule has 1 heterocycles. The molecule has 2 aliphatic rings. The number of aldehydes is 1. The van der Waals surface area contributed by atoms with Gasteiger partial charge in [0, 0.05) is 5.92 Å². The summed E-state index contributed by atoms with van der Waals surface area (Å²) in [7, 11) is 0. The fourth-order valence-electron chi connectivity index (χ4n) is 1.56. The van der Waals surface area contributed by atoms with E-state index in [9.17, 15) is 4.79 Å². The van der Waals surface area contributed by atoms with Gasteiger partial charge in [0.05, 0.1) is 0 Å². The summed E-state index contributed by atoms with van der Waals surface area (Å²) >= 11 is 0. The molecule has 3 heteroatoms. The molecule has 0 radical (unpaired) electrons. The van der Waals surface area contributed by atoms with Gasteiger partial charge in [-0.25, -0.2) is 0 Å². The Morgan fingerprint density at radius 1 is 1.64 bits per heavy atom. The van der Waals surface area contributed by atoms with Gasteiger partial charge in [-0.1, -0.05) is 0 Å². The van der Waals surface area contributed by atoms with Gasteiger partial charge in [-0.2, -0.15) is 0 Å². The topological polar surface area (TPSA) is 35.5 Å². The van der Waals surface area contributed by atoms with Gasteiger partial charge in [0.1, 0.15) is 18.1 Å². The van der Waals surface area contributed by atoms with Crippen LogP contribution in [0.5, 0.6) is 0 Å². The van der Waals surface area contributed by atoms with Crippen LogP contribution < -0.4 is 0 Å². The molecule has 0 N–H and O–H groups in total. The Morgan fingerprint density at radius 2 is 2.55 bits per heavy atom. The second-order valence-corrected chi connectivity index (χ2v) is 2.83. The zero-order chi connectivity index (χ0) is 7.68. The first-order chi connectivity index (χ1) is 5.42. The molecule has 1 fully saturated rings. The minimum atomic E-state index is -0.0822. The van der Waals surface area contributed by atoms with Gasteiger partial charge in [0.25, 0.3) is 0 Å². The quantitative estimate of drug-likeness (QED) is 0.525. The Balaban J connectivity index is 2.18. The van der Waals surface area contributed by atoms with Crippen LogP contribution in [0.3, 0.4) is 0 Å². The maximum Gasteiger partial charge on any atom is 0.189 e. The Hall–Kier alpha value is -0.830. The maximum atomic E-state index is 10.5. The third kappa shape index (κ3) is 1.05. The molecule has 0 aromatic carbocycles. The molecule has 2 atom stereocenters. The van der Waals surface area contributed by atoms with Gasteiger partial charge < -0.3 is 14.3 Å². The fraction of sp³-hybridized carbons (Fsp3) is 0.625. The van der Waals surface area contributed by atoms with Crippen molar-refractivity contribution in [2.24, 2.45) is 5.92 Å². The summed E-state index contributed by atoms with van der Waals surface area (Å²) in [4.78, 5) is 10.5. The molecule has 0 spiro atoms. The molecule has 0 unspecified atom stereocenters. The van der Waals surface area contributed by atoms with E-state index in [-0.39, 0.29) is 12.0 Å². The molecule has 1 saturated heterocycles. The predicted octanol–water partition coefficient (Wildman–Crippen LogP) is 0.852. The molecular formula is C8H10O3. The van der Waals surface area contributed by atoms with Gasteiger partial charge in [-0.05, 0) is 18.9 Å².